The Kier molecular flexibility index (Phi) is 5.36. The number of anilines is 1. The van der Waals surface area contributed by atoms with Crippen molar-refractivity contribution >= 4 is 24.2 Å². The second-order valence-electron chi connectivity index (χ2n) is 13.8. The van der Waals surface area contributed by atoms with E-state index in [-0.39, 0.29) is 16.6 Å². The first-order valence-corrected chi connectivity index (χ1v) is 14.0. The molecule has 0 atom stereocenters. The second-order valence-corrected chi connectivity index (χ2v) is 13.8. The highest BCUT2D eigenvalue weighted by molar-refractivity contribution is 6.62. The highest BCUT2D eigenvalue weighted by Gasteiger charge is 2.56. The minimum absolute atomic E-state index is 0.310. The van der Waals surface area contributed by atoms with E-state index in [9.17, 15) is 4.79 Å². The molecule has 5 nitrogen and oxygen atoms in total. The molecule has 4 fully saturated rings. The minimum Gasteiger partial charge on any atom is -0.399 e. The molecule has 190 valence electrons. The quantitative estimate of drug-likeness (QED) is 0.586. The van der Waals surface area contributed by atoms with Crippen LogP contribution >= 0.6 is 0 Å². The molecule has 3 aliphatic heterocycles. The Labute approximate surface area is 212 Å². The van der Waals surface area contributed by atoms with Gasteiger partial charge in [-0.15, -0.1) is 0 Å². The molecule has 2 saturated carbocycles. The molecule has 3 heterocycles. The zero-order chi connectivity index (χ0) is 24.8. The molecule has 2 aliphatic carbocycles. The Morgan fingerprint density at radius 3 is 2.14 bits per heavy atom. The fraction of sp³-hybridized carbons (Fsp3) is 0.759. The minimum atomic E-state index is -0.397. The number of rotatable bonds is 3. The van der Waals surface area contributed by atoms with Gasteiger partial charge in [0.1, 0.15) is 0 Å². The van der Waals surface area contributed by atoms with Gasteiger partial charge in [0, 0.05) is 24.3 Å². The van der Waals surface area contributed by atoms with Crippen molar-refractivity contribution in [2.24, 2.45) is 5.41 Å². The van der Waals surface area contributed by atoms with Crippen LogP contribution < -0.4 is 10.4 Å². The van der Waals surface area contributed by atoms with E-state index in [1.807, 2.05) is 0 Å². The van der Waals surface area contributed by atoms with Crippen LogP contribution in [0.2, 0.25) is 0 Å². The van der Waals surface area contributed by atoms with Crippen LogP contribution in [0.15, 0.2) is 18.2 Å². The molecule has 1 spiro atoms. The van der Waals surface area contributed by atoms with Crippen molar-refractivity contribution in [3.8, 4) is 0 Å². The van der Waals surface area contributed by atoms with Crippen LogP contribution in [0.1, 0.15) is 98.5 Å². The van der Waals surface area contributed by atoms with Crippen LogP contribution in [0.3, 0.4) is 0 Å². The molecule has 35 heavy (non-hydrogen) atoms. The lowest BCUT2D eigenvalue weighted by molar-refractivity contribution is -0.125. The lowest BCUT2D eigenvalue weighted by Crippen LogP contribution is -2.56. The molecule has 2 saturated heterocycles. The van der Waals surface area contributed by atoms with Gasteiger partial charge in [-0.05, 0) is 88.9 Å². The number of benzene rings is 1. The van der Waals surface area contributed by atoms with Crippen molar-refractivity contribution in [2.75, 3.05) is 18.0 Å². The molecule has 1 aromatic rings. The summed E-state index contributed by atoms with van der Waals surface area (Å²) in [5.74, 6) is 0.364. The van der Waals surface area contributed by atoms with Gasteiger partial charge in [0.25, 0.3) is 0 Å². The maximum absolute atomic E-state index is 14.2. The highest BCUT2D eigenvalue weighted by atomic mass is 16.7. The zero-order valence-electron chi connectivity index (χ0n) is 22.7. The predicted molar refractivity (Wildman–Crippen MR) is 141 cm³/mol. The first kappa shape index (κ1) is 24.0. The molecule has 0 unspecified atom stereocenters. The lowest BCUT2D eigenvalue weighted by Gasteiger charge is -2.46. The van der Waals surface area contributed by atoms with Crippen molar-refractivity contribution in [3.63, 3.8) is 0 Å². The monoisotopic (exact) mass is 478 g/mol. The summed E-state index contributed by atoms with van der Waals surface area (Å²) in [4.78, 5) is 19.1. The van der Waals surface area contributed by atoms with Crippen LogP contribution in [-0.2, 0) is 19.5 Å². The predicted octanol–water partition coefficient (Wildman–Crippen LogP) is 4.80. The summed E-state index contributed by atoms with van der Waals surface area (Å²) < 4.78 is 12.8. The van der Waals surface area contributed by atoms with Crippen molar-refractivity contribution in [1.82, 2.24) is 4.90 Å². The molecule has 0 radical (unpaired) electrons. The zero-order valence-corrected chi connectivity index (χ0v) is 22.7. The molecule has 0 aromatic heterocycles. The molecule has 0 bridgehead atoms. The number of likely N-dealkylation sites (tertiary alicyclic amines) is 1. The van der Waals surface area contributed by atoms with Crippen molar-refractivity contribution < 1.29 is 14.1 Å². The largest absolute Gasteiger partial charge is 0.494 e. The third-order valence-electron chi connectivity index (χ3n) is 10.3. The normalized spacial score (nSPS) is 32.8. The van der Waals surface area contributed by atoms with Gasteiger partial charge in [-0.3, -0.25) is 9.69 Å². The highest BCUT2D eigenvalue weighted by Crippen LogP contribution is 2.53. The SMILES string of the molecule is CC1(C)CCN(C2CC(N3C(=O)C4(CCCCC4)c4ccc(B5OC(C)(C)C(C)(C)O5)cc43)C2)C1. The topological polar surface area (TPSA) is 42.0 Å². The van der Waals surface area contributed by atoms with Gasteiger partial charge in [-0.25, -0.2) is 0 Å². The van der Waals surface area contributed by atoms with Crippen molar-refractivity contribution in [2.45, 2.75) is 122 Å². The van der Waals surface area contributed by atoms with E-state index in [0.717, 1.165) is 49.7 Å². The van der Waals surface area contributed by atoms with E-state index in [1.54, 1.807) is 0 Å². The summed E-state index contributed by atoms with van der Waals surface area (Å²) in [7, 11) is -0.397. The van der Waals surface area contributed by atoms with E-state index >= 15 is 0 Å². The molecular weight excluding hydrogens is 435 g/mol. The van der Waals surface area contributed by atoms with E-state index < -0.39 is 7.12 Å². The molecule has 5 aliphatic rings. The van der Waals surface area contributed by atoms with E-state index in [1.165, 1.54) is 31.5 Å². The number of carbonyl (C=O) groups excluding carboxylic acids is 1. The molecular formula is C29H43BN2O3. The Morgan fingerprint density at radius 1 is 0.886 bits per heavy atom. The summed E-state index contributed by atoms with van der Waals surface area (Å²) in [5.41, 5.74) is 2.78. The summed E-state index contributed by atoms with van der Waals surface area (Å²) in [6, 6.07) is 7.55. The number of nitrogens with zero attached hydrogens (tertiary/aromatic N) is 2. The Morgan fingerprint density at radius 2 is 1.54 bits per heavy atom. The summed E-state index contributed by atoms with van der Waals surface area (Å²) in [5, 5.41) is 0. The number of fused-ring (bicyclic) bond motifs is 2. The van der Waals surface area contributed by atoms with Crippen molar-refractivity contribution in [3.05, 3.63) is 23.8 Å². The van der Waals surface area contributed by atoms with Crippen LogP contribution in [0.4, 0.5) is 5.69 Å². The number of carbonyl (C=O) groups is 1. The maximum Gasteiger partial charge on any atom is 0.494 e. The fourth-order valence-corrected chi connectivity index (χ4v) is 7.27. The van der Waals surface area contributed by atoms with Crippen molar-refractivity contribution in [1.29, 1.82) is 0 Å². The summed E-state index contributed by atoms with van der Waals surface area (Å²) >= 11 is 0. The van der Waals surface area contributed by atoms with Gasteiger partial charge in [-0.2, -0.15) is 0 Å². The second kappa shape index (κ2) is 7.82. The van der Waals surface area contributed by atoms with E-state index in [0.29, 0.717) is 23.4 Å². The number of hydrogen-bond acceptors (Lipinski definition) is 4. The molecule has 1 amide bonds. The third-order valence-corrected chi connectivity index (χ3v) is 10.3. The molecule has 1 aromatic carbocycles. The molecule has 6 heteroatoms. The van der Waals surface area contributed by atoms with Gasteiger partial charge in [0.15, 0.2) is 0 Å². The van der Waals surface area contributed by atoms with E-state index in [4.69, 9.17) is 9.31 Å². The smallest absolute Gasteiger partial charge is 0.399 e. The fourth-order valence-electron chi connectivity index (χ4n) is 7.27. The Hall–Kier alpha value is -1.37. The van der Waals surface area contributed by atoms with Gasteiger partial charge in [0.2, 0.25) is 5.91 Å². The number of hydrogen-bond donors (Lipinski definition) is 0. The van der Waals surface area contributed by atoms with E-state index in [2.05, 4.69) is 69.5 Å². The van der Waals surface area contributed by atoms with Crippen LogP contribution in [0, 0.1) is 5.41 Å². The summed E-state index contributed by atoms with van der Waals surface area (Å²) in [6.45, 7) is 15.5. The average Bonchev–Trinajstić information content (AvgIpc) is 3.31. The molecule has 6 rings (SSSR count). The van der Waals surface area contributed by atoms with Gasteiger partial charge in [0.05, 0.1) is 16.6 Å². The standard InChI is InChI=1S/C29H43BN2O3/c1-26(2)14-15-31(19-26)21-17-22(18-21)32-24-16-20(30-34-27(3,4)28(5,6)35-30)10-11-23(24)29(25(32)33)12-8-7-9-13-29/h10-11,16,21-22H,7-9,12-15,17-19H2,1-6H3. The van der Waals surface area contributed by atoms with Crippen LogP contribution in [0.5, 0.6) is 0 Å². The lowest BCUT2D eigenvalue weighted by atomic mass is 9.69. The van der Waals surface area contributed by atoms with Gasteiger partial charge >= 0.3 is 7.12 Å². The van der Waals surface area contributed by atoms with Crippen LogP contribution in [-0.4, -0.2) is 54.3 Å². The number of amides is 1. The Balaban J connectivity index is 1.30. The van der Waals surface area contributed by atoms with Gasteiger partial charge < -0.3 is 14.2 Å². The first-order valence-electron chi connectivity index (χ1n) is 14.0. The average molecular weight is 478 g/mol. The van der Waals surface area contributed by atoms with Crippen LogP contribution in [0.25, 0.3) is 0 Å². The first-order chi connectivity index (χ1) is 16.4. The maximum atomic E-state index is 14.2. The van der Waals surface area contributed by atoms with Gasteiger partial charge in [-0.1, -0.05) is 45.2 Å². The Bertz CT molecular complexity index is 1010. The molecule has 0 N–H and O–H groups in total. The summed E-state index contributed by atoms with van der Waals surface area (Å²) in [6.07, 6.45) is 8.98. The third kappa shape index (κ3) is 3.65.